The molecule has 2 rings (SSSR count). The molecule has 1 atom stereocenters. The zero-order valence-electron chi connectivity index (χ0n) is 13.2. The van der Waals surface area contributed by atoms with E-state index in [0.717, 1.165) is 5.56 Å². The average molecular weight is 368 g/mol. The van der Waals surface area contributed by atoms with Crippen molar-refractivity contribution < 1.29 is 9.53 Å². The first kappa shape index (κ1) is 18.4. The van der Waals surface area contributed by atoms with Gasteiger partial charge in [0.1, 0.15) is 0 Å². The third-order valence-corrected chi connectivity index (χ3v) is 4.13. The Morgan fingerprint density at radius 3 is 2.38 bits per heavy atom. The van der Waals surface area contributed by atoms with Gasteiger partial charge in [0, 0.05) is 23.0 Å². The normalized spacial score (nSPS) is 12.0. The van der Waals surface area contributed by atoms with E-state index in [9.17, 15) is 4.79 Å². The first-order valence-electron chi connectivity index (χ1n) is 7.39. The molecule has 0 fully saturated rings. The second kappa shape index (κ2) is 7.75. The molecule has 24 heavy (non-hydrogen) atoms. The predicted octanol–water partition coefficient (Wildman–Crippen LogP) is 3.78. The fourth-order valence-electron chi connectivity index (χ4n) is 2.43. The summed E-state index contributed by atoms with van der Waals surface area (Å²) in [6.07, 6.45) is 0.0324. The molecule has 0 radical (unpaired) electrons. The molecular formula is C17H19Cl2N3O2. The molecule has 5 nitrogen and oxygen atoms in total. The van der Waals surface area contributed by atoms with Gasteiger partial charge in [-0.3, -0.25) is 4.79 Å². The monoisotopic (exact) mass is 367 g/mol. The van der Waals surface area contributed by atoms with E-state index in [1.807, 2.05) is 0 Å². The number of hydrogen-bond donors (Lipinski definition) is 3. The summed E-state index contributed by atoms with van der Waals surface area (Å²) in [6, 6.07) is 7.94. The Kier molecular flexibility index (Phi) is 5.94. The Balaban J connectivity index is 2.41. The second-order valence-corrected chi connectivity index (χ2v) is 6.13. The first-order valence-corrected chi connectivity index (χ1v) is 8.14. The van der Waals surface area contributed by atoms with Crippen LogP contribution in [-0.4, -0.2) is 12.6 Å². The lowest BCUT2D eigenvalue weighted by atomic mass is 9.96. The van der Waals surface area contributed by atoms with Gasteiger partial charge in [0.2, 0.25) is 0 Å². The van der Waals surface area contributed by atoms with Crippen molar-refractivity contribution in [2.24, 2.45) is 5.73 Å². The molecule has 0 bridgehead atoms. The van der Waals surface area contributed by atoms with Crippen LogP contribution in [0, 0.1) is 0 Å². The number of esters is 1. The largest absolute Gasteiger partial charge is 0.466 e. The number of hydrogen-bond acceptors (Lipinski definition) is 5. The predicted molar refractivity (Wildman–Crippen MR) is 98.9 cm³/mol. The van der Waals surface area contributed by atoms with Crippen LogP contribution < -0.4 is 17.2 Å². The Hall–Kier alpha value is -1.95. The summed E-state index contributed by atoms with van der Waals surface area (Å²) in [6.45, 7) is 2.04. The van der Waals surface area contributed by atoms with Crippen molar-refractivity contribution in [1.29, 1.82) is 0 Å². The number of rotatable bonds is 5. The lowest BCUT2D eigenvalue weighted by Crippen LogP contribution is -2.18. The average Bonchev–Trinajstić information content (AvgIpc) is 2.47. The molecule has 2 aromatic rings. The van der Waals surface area contributed by atoms with Gasteiger partial charge < -0.3 is 21.9 Å². The number of nitrogen functional groups attached to an aromatic ring is 2. The fourth-order valence-corrected chi connectivity index (χ4v) is 3.15. The van der Waals surface area contributed by atoms with Crippen molar-refractivity contribution in [2.45, 2.75) is 19.4 Å². The number of carbonyl (C=O) groups is 1. The van der Waals surface area contributed by atoms with Gasteiger partial charge in [0.25, 0.3) is 0 Å². The molecule has 0 unspecified atom stereocenters. The maximum atomic E-state index is 11.6. The molecule has 128 valence electrons. The Bertz CT molecular complexity index is 742. The van der Waals surface area contributed by atoms with Gasteiger partial charge in [-0.05, 0) is 42.3 Å². The molecule has 7 heteroatoms. The minimum atomic E-state index is -0.588. The summed E-state index contributed by atoms with van der Waals surface area (Å²) in [5.41, 5.74) is 20.8. The van der Waals surface area contributed by atoms with Crippen molar-refractivity contribution >= 4 is 40.5 Å². The highest BCUT2D eigenvalue weighted by atomic mass is 35.5. The van der Waals surface area contributed by atoms with Crippen LogP contribution in [0.3, 0.4) is 0 Å². The number of halogens is 2. The molecule has 0 saturated carbocycles. The summed E-state index contributed by atoms with van der Waals surface area (Å²) >= 11 is 12.5. The van der Waals surface area contributed by atoms with E-state index in [4.69, 9.17) is 45.1 Å². The van der Waals surface area contributed by atoms with Gasteiger partial charge in [0.15, 0.2) is 0 Å². The van der Waals surface area contributed by atoms with Crippen molar-refractivity contribution in [3.05, 3.63) is 45.9 Å². The number of benzene rings is 2. The van der Waals surface area contributed by atoms with E-state index in [0.29, 0.717) is 39.2 Å². The van der Waals surface area contributed by atoms with Gasteiger partial charge in [-0.15, -0.1) is 0 Å². The van der Waals surface area contributed by atoms with Crippen LogP contribution in [0.1, 0.15) is 24.9 Å². The van der Waals surface area contributed by atoms with E-state index in [2.05, 4.69) is 0 Å². The standard InChI is InChI=1S/C17H19Cl2N3O2/c1-2-24-16(23)8-15(22)11-5-9(3-4-14(11)21)17-12(18)6-10(20)7-13(17)19/h3-7,15H,2,8,20-22H2,1H3/t15-/m0/s1. The van der Waals surface area contributed by atoms with Crippen molar-refractivity contribution in [3.63, 3.8) is 0 Å². The third kappa shape index (κ3) is 4.12. The Morgan fingerprint density at radius 1 is 1.17 bits per heavy atom. The van der Waals surface area contributed by atoms with E-state index in [1.165, 1.54) is 0 Å². The zero-order valence-corrected chi connectivity index (χ0v) is 14.7. The fraction of sp³-hybridized carbons (Fsp3) is 0.235. The summed E-state index contributed by atoms with van der Waals surface area (Å²) in [7, 11) is 0. The maximum absolute atomic E-state index is 11.6. The molecule has 0 aliphatic heterocycles. The quantitative estimate of drug-likeness (QED) is 0.550. The molecule has 0 aromatic heterocycles. The smallest absolute Gasteiger partial charge is 0.307 e. The highest BCUT2D eigenvalue weighted by Gasteiger charge is 2.17. The minimum absolute atomic E-state index is 0.0324. The maximum Gasteiger partial charge on any atom is 0.307 e. The van der Waals surface area contributed by atoms with Crippen LogP contribution in [-0.2, 0) is 9.53 Å². The van der Waals surface area contributed by atoms with Crippen molar-refractivity contribution in [3.8, 4) is 11.1 Å². The zero-order chi connectivity index (χ0) is 17.9. The lowest BCUT2D eigenvalue weighted by molar-refractivity contribution is -0.143. The summed E-state index contributed by atoms with van der Waals surface area (Å²) in [5.74, 6) is -0.377. The van der Waals surface area contributed by atoms with Gasteiger partial charge in [0.05, 0.1) is 23.1 Å². The molecule has 0 heterocycles. The van der Waals surface area contributed by atoms with Gasteiger partial charge in [-0.25, -0.2) is 0 Å². The van der Waals surface area contributed by atoms with Gasteiger partial charge in [-0.1, -0.05) is 29.3 Å². The number of carbonyl (C=O) groups excluding carboxylic acids is 1. The molecule has 0 aliphatic rings. The molecule has 0 saturated heterocycles. The van der Waals surface area contributed by atoms with Crippen LogP contribution in [0.2, 0.25) is 10.0 Å². The molecule has 0 amide bonds. The second-order valence-electron chi connectivity index (χ2n) is 5.32. The van der Waals surface area contributed by atoms with Crippen LogP contribution in [0.15, 0.2) is 30.3 Å². The van der Waals surface area contributed by atoms with E-state index < -0.39 is 6.04 Å². The Morgan fingerprint density at radius 2 is 1.79 bits per heavy atom. The van der Waals surface area contributed by atoms with Crippen LogP contribution >= 0.6 is 23.2 Å². The van der Waals surface area contributed by atoms with Gasteiger partial charge in [-0.2, -0.15) is 0 Å². The van der Waals surface area contributed by atoms with Crippen molar-refractivity contribution in [2.75, 3.05) is 18.1 Å². The first-order chi connectivity index (χ1) is 11.3. The number of anilines is 2. The SMILES string of the molecule is CCOC(=O)C[C@H](N)c1cc(-c2c(Cl)cc(N)cc2Cl)ccc1N. The van der Waals surface area contributed by atoms with E-state index in [1.54, 1.807) is 37.3 Å². The topological polar surface area (TPSA) is 104 Å². The highest BCUT2D eigenvalue weighted by molar-refractivity contribution is 6.39. The lowest BCUT2D eigenvalue weighted by Gasteiger charge is -2.16. The summed E-state index contributed by atoms with van der Waals surface area (Å²) < 4.78 is 4.92. The molecule has 2 aromatic carbocycles. The Labute approximate surface area is 150 Å². The molecular weight excluding hydrogens is 349 g/mol. The highest BCUT2D eigenvalue weighted by Crippen LogP contribution is 2.38. The molecule has 0 aliphatic carbocycles. The summed E-state index contributed by atoms with van der Waals surface area (Å²) in [4.78, 5) is 11.6. The van der Waals surface area contributed by atoms with Crippen LogP contribution in [0.4, 0.5) is 11.4 Å². The van der Waals surface area contributed by atoms with Crippen LogP contribution in [0.25, 0.3) is 11.1 Å². The minimum Gasteiger partial charge on any atom is -0.466 e. The van der Waals surface area contributed by atoms with E-state index in [-0.39, 0.29) is 12.4 Å². The third-order valence-electron chi connectivity index (χ3n) is 3.53. The molecule has 0 spiro atoms. The molecule has 6 N–H and O–H groups in total. The van der Waals surface area contributed by atoms with Crippen molar-refractivity contribution in [1.82, 2.24) is 0 Å². The van der Waals surface area contributed by atoms with E-state index >= 15 is 0 Å². The summed E-state index contributed by atoms with van der Waals surface area (Å²) in [5, 5.41) is 0.851. The number of nitrogens with two attached hydrogens (primary N) is 3. The van der Waals surface area contributed by atoms with Gasteiger partial charge >= 0.3 is 5.97 Å². The van der Waals surface area contributed by atoms with Crippen LogP contribution in [0.5, 0.6) is 0 Å². The number of ether oxygens (including phenoxy) is 1.